The Morgan fingerprint density at radius 2 is 0.582 bits per heavy atom. The number of ketones is 4. The summed E-state index contributed by atoms with van der Waals surface area (Å²) in [4.78, 5) is 112. The minimum atomic E-state index is -1.59. The first kappa shape index (κ1) is 75.6. The van der Waals surface area contributed by atoms with Gasteiger partial charge in [0.1, 0.15) is 10.1 Å². The van der Waals surface area contributed by atoms with E-state index in [2.05, 4.69) is 83.7 Å². The van der Waals surface area contributed by atoms with Crippen LogP contribution < -0.4 is 21.7 Å². The predicted molar refractivity (Wildman–Crippen MR) is 414 cm³/mol. The van der Waals surface area contributed by atoms with E-state index in [9.17, 15) is 46.8 Å². The van der Waals surface area contributed by atoms with Gasteiger partial charge in [0.15, 0.2) is 23.1 Å². The number of rotatable bonds is 16. The van der Waals surface area contributed by atoms with Gasteiger partial charge in [-0.15, -0.1) is 23.5 Å². The number of halogens is 8. The average molecular weight is 1720 g/mol. The zero-order chi connectivity index (χ0) is 70.8. The van der Waals surface area contributed by atoms with E-state index >= 15 is 0 Å². The van der Waals surface area contributed by atoms with Crippen molar-refractivity contribution in [1.82, 2.24) is 19.9 Å². The molecule has 0 radical (unpaired) electrons. The van der Waals surface area contributed by atoms with Crippen LogP contribution in [-0.2, 0) is 44.6 Å². The van der Waals surface area contributed by atoms with E-state index in [1.165, 1.54) is 51.2 Å². The third-order valence-electron chi connectivity index (χ3n) is 14.7. The summed E-state index contributed by atoms with van der Waals surface area (Å²) >= 11 is 41.1. The number of nitrogens with one attached hydrogen (secondary N) is 4. The van der Waals surface area contributed by atoms with Gasteiger partial charge in [-0.3, -0.25) is 46.8 Å². The molecule has 4 aromatic heterocycles. The molecule has 0 aliphatic rings. The van der Waals surface area contributed by atoms with Crippen molar-refractivity contribution < 1.29 is 27.6 Å². The second-order valence-electron chi connectivity index (χ2n) is 21.5. The Hall–Kier alpha value is -6.64. The number of H-pyrrole nitrogens is 4. The summed E-state index contributed by atoms with van der Waals surface area (Å²) in [6, 6.07) is 51.6. The van der Waals surface area contributed by atoms with Crippen LogP contribution in [0.15, 0.2) is 227 Å². The van der Waals surface area contributed by atoms with Crippen LogP contribution in [0.25, 0.3) is 43.6 Å². The summed E-state index contributed by atoms with van der Waals surface area (Å²) in [5, 5.41) is 3.59. The molecule has 0 bridgehead atoms. The van der Waals surface area contributed by atoms with Crippen molar-refractivity contribution in [1.29, 1.82) is 0 Å². The number of benzene rings is 8. The van der Waals surface area contributed by atoms with E-state index < -0.39 is 44.0 Å². The molecule has 12 aromatic rings. The second kappa shape index (κ2) is 34.1. The molecule has 0 saturated carbocycles. The number of aromatic nitrogens is 4. The number of fused-ring (bicyclic) bond motifs is 4. The first-order valence-electron chi connectivity index (χ1n) is 29.1. The van der Waals surface area contributed by atoms with Gasteiger partial charge in [0, 0.05) is 29.4 Å². The van der Waals surface area contributed by atoms with Crippen molar-refractivity contribution in [2.24, 2.45) is 0 Å². The van der Waals surface area contributed by atoms with Crippen molar-refractivity contribution in [3.05, 3.63) is 293 Å². The highest BCUT2D eigenvalue weighted by Crippen LogP contribution is 2.35. The Labute approximate surface area is 627 Å². The number of hydrogen-bond donors (Lipinski definition) is 4. The molecule has 0 amide bonds. The zero-order valence-corrected chi connectivity index (χ0v) is 64.4. The molecule has 12 rings (SSSR count). The number of carbonyl (C=O) groups excluding carboxylic acids is 4. The summed E-state index contributed by atoms with van der Waals surface area (Å²) in [6.45, 7) is 5.36. The van der Waals surface area contributed by atoms with E-state index in [0.29, 0.717) is 73.4 Å². The standard InChI is InChI=1S/2C18H13BrClNO3S.2C18H13BrClNO2S/c2*1-10(22)14-17(23)15-13(20)8-7-12(19)16(15)21-18(14)25(24)9-11-5-3-2-4-6-11;2*1-10(22)14-17(23)15-13(20)8-7-12(19)16(15)21-18(14)24-9-11-5-3-2-4-6-11/h2*2-8H,9H2,1H3,(H,21,23);2*2-8H,9H2,1H3,(H,21,23). The SMILES string of the molecule is CC(=O)c1c(S(=O)Cc2ccccc2)[nH]c2c(Br)ccc(Cl)c2c1=O.CC(=O)c1c(S(=O)Cc2ccccc2)[nH]c2c(Br)ccc(Cl)c2c1=O.CC(=O)c1c(SCc2ccccc2)[nH]c2c(Br)ccc(Cl)c2c1=O.CC(=O)c1c(SCc2ccccc2)[nH]c2c(Br)ccc(Cl)c2c1=O. The Morgan fingerprint density at radius 1 is 0.347 bits per heavy atom. The molecule has 26 heteroatoms. The van der Waals surface area contributed by atoms with Crippen LogP contribution in [0.1, 0.15) is 91.4 Å². The number of Topliss-reactive ketones (excluding diaryl/α,β-unsaturated/α-hetero) is 4. The van der Waals surface area contributed by atoms with Crippen LogP contribution in [0.5, 0.6) is 0 Å². The lowest BCUT2D eigenvalue weighted by Gasteiger charge is -2.11. The molecular weight excluding hydrogens is 1670 g/mol. The van der Waals surface area contributed by atoms with E-state index in [4.69, 9.17) is 46.4 Å². The maximum absolute atomic E-state index is 12.9. The Bertz CT molecular complexity index is 5100. The van der Waals surface area contributed by atoms with Gasteiger partial charge in [-0.05, 0) is 162 Å². The van der Waals surface area contributed by atoms with Crippen molar-refractivity contribution in [3.8, 4) is 0 Å². The van der Waals surface area contributed by atoms with E-state index in [0.717, 1.165) is 31.2 Å². The third kappa shape index (κ3) is 17.6. The van der Waals surface area contributed by atoms with Gasteiger partial charge in [0.2, 0.25) is 21.7 Å². The van der Waals surface area contributed by atoms with Crippen LogP contribution in [0.2, 0.25) is 20.1 Å². The summed E-state index contributed by atoms with van der Waals surface area (Å²) in [5.74, 6) is 0.254. The van der Waals surface area contributed by atoms with Crippen molar-refractivity contribution in [2.75, 3.05) is 0 Å². The molecule has 500 valence electrons. The lowest BCUT2D eigenvalue weighted by molar-refractivity contribution is 0.100. The Kier molecular flexibility index (Phi) is 26.3. The van der Waals surface area contributed by atoms with E-state index in [1.54, 1.807) is 48.5 Å². The minimum Gasteiger partial charge on any atom is -0.348 e. The molecule has 0 fully saturated rings. The van der Waals surface area contributed by atoms with Gasteiger partial charge in [-0.1, -0.05) is 168 Å². The molecule has 0 spiro atoms. The quantitative estimate of drug-likeness (QED) is 0.0522. The highest BCUT2D eigenvalue weighted by molar-refractivity contribution is 9.11. The number of carbonyl (C=O) groups is 4. The van der Waals surface area contributed by atoms with Crippen LogP contribution in [0.4, 0.5) is 0 Å². The second-order valence-corrected chi connectivity index (χ2v) is 31.3. The molecule has 4 heterocycles. The molecular formula is C72H52Br4Cl4N4O10S4. The maximum Gasteiger partial charge on any atom is 0.202 e. The van der Waals surface area contributed by atoms with Gasteiger partial charge in [0.25, 0.3) is 0 Å². The van der Waals surface area contributed by atoms with Crippen molar-refractivity contribution >= 4 is 222 Å². The number of aromatic amines is 4. The van der Waals surface area contributed by atoms with Crippen LogP contribution >= 0.6 is 134 Å². The number of hydrogen-bond acceptors (Lipinski definition) is 12. The molecule has 98 heavy (non-hydrogen) atoms. The molecule has 2 unspecified atom stereocenters. The summed E-state index contributed by atoms with van der Waals surface area (Å²) < 4.78 is 28.4. The molecule has 0 saturated heterocycles. The average Bonchev–Trinajstić information content (AvgIpc) is 0.787. The van der Waals surface area contributed by atoms with Crippen LogP contribution in [0.3, 0.4) is 0 Å². The lowest BCUT2D eigenvalue weighted by Crippen LogP contribution is -2.20. The summed E-state index contributed by atoms with van der Waals surface area (Å²) in [6.07, 6.45) is 0. The van der Waals surface area contributed by atoms with Crippen molar-refractivity contribution in [3.63, 3.8) is 0 Å². The largest absolute Gasteiger partial charge is 0.348 e. The molecule has 14 nitrogen and oxygen atoms in total. The summed E-state index contributed by atoms with van der Waals surface area (Å²) in [7, 11) is -3.18. The first-order valence-corrected chi connectivity index (χ1v) is 38.4. The fourth-order valence-electron chi connectivity index (χ4n) is 10.1. The summed E-state index contributed by atoms with van der Waals surface area (Å²) in [5.41, 5.74) is 4.40. The number of thioether (sulfide) groups is 2. The first-order chi connectivity index (χ1) is 46.8. The molecule has 0 aliphatic heterocycles. The van der Waals surface area contributed by atoms with Gasteiger partial charge < -0.3 is 19.9 Å². The molecule has 0 aliphatic carbocycles. The van der Waals surface area contributed by atoms with E-state index in [1.807, 2.05) is 121 Å². The number of pyridine rings is 4. The highest BCUT2D eigenvalue weighted by Gasteiger charge is 2.26. The Balaban J connectivity index is 0.000000153. The lowest BCUT2D eigenvalue weighted by atomic mass is 10.1. The normalized spacial score (nSPS) is 11.6. The smallest absolute Gasteiger partial charge is 0.202 e. The molecule has 4 N–H and O–H groups in total. The Morgan fingerprint density at radius 3 is 0.837 bits per heavy atom. The topological polar surface area (TPSA) is 234 Å². The predicted octanol–water partition coefficient (Wildman–Crippen LogP) is 19.8. The minimum absolute atomic E-state index is 0.109. The fourth-order valence-corrected chi connectivity index (χ4v) is 17.5. The van der Waals surface area contributed by atoms with Gasteiger partial charge in [-0.25, -0.2) is 0 Å². The van der Waals surface area contributed by atoms with Gasteiger partial charge in [-0.2, -0.15) is 0 Å². The molecule has 2 atom stereocenters. The van der Waals surface area contributed by atoms with Crippen molar-refractivity contribution in [2.45, 2.75) is 70.8 Å². The fraction of sp³-hybridized carbons (Fsp3) is 0.111. The van der Waals surface area contributed by atoms with Gasteiger partial charge >= 0.3 is 0 Å². The van der Waals surface area contributed by atoms with Gasteiger partial charge in [0.05, 0.1) is 129 Å². The van der Waals surface area contributed by atoms with Crippen LogP contribution in [-0.4, -0.2) is 51.5 Å². The van der Waals surface area contributed by atoms with Crippen LogP contribution in [0, 0.1) is 0 Å². The highest BCUT2D eigenvalue weighted by atomic mass is 79.9. The monoisotopic (exact) mass is 1720 g/mol. The molecule has 8 aromatic carbocycles. The third-order valence-corrected chi connectivity index (χ3v) is 23.5. The zero-order valence-electron chi connectivity index (χ0n) is 51.7. The maximum atomic E-state index is 12.9. The van der Waals surface area contributed by atoms with E-state index in [-0.39, 0.29) is 87.1 Å².